The molecule has 5 atom stereocenters. The summed E-state index contributed by atoms with van der Waals surface area (Å²) >= 11 is 5.96. The molecule has 3 saturated heterocycles. The maximum atomic E-state index is 15.1. The maximum absolute atomic E-state index is 15.1. The summed E-state index contributed by atoms with van der Waals surface area (Å²) < 4.78 is 29.9. The van der Waals surface area contributed by atoms with Crippen LogP contribution in [-0.4, -0.2) is 71.0 Å². The molecule has 2 bridgehead atoms. The molecule has 7 rings (SSSR count). The fourth-order valence-corrected chi connectivity index (χ4v) is 7.15. The number of carbonyl (C=O) groups excluding carboxylic acids is 1. The molecule has 1 aliphatic carbocycles. The average molecular weight is 520 g/mol. The second-order valence-electron chi connectivity index (χ2n) is 9.56. The van der Waals surface area contributed by atoms with Gasteiger partial charge in [-0.3, -0.25) is 9.00 Å². The first-order valence-corrected chi connectivity index (χ1v) is 13.4. The number of hydrogen-bond donors (Lipinski definition) is 1. The van der Waals surface area contributed by atoms with Gasteiger partial charge in [0, 0.05) is 54.9 Å². The van der Waals surface area contributed by atoms with E-state index >= 15 is 4.39 Å². The van der Waals surface area contributed by atoms with E-state index in [4.69, 9.17) is 11.6 Å². The Bertz CT molecular complexity index is 1460. The zero-order valence-corrected chi connectivity index (χ0v) is 20.6. The molecular formula is C23H23ClFN5O4S. The first kappa shape index (κ1) is 22.7. The van der Waals surface area contributed by atoms with E-state index in [1.165, 1.54) is 24.3 Å². The molecular weight excluding hydrogens is 497 g/mol. The van der Waals surface area contributed by atoms with E-state index in [0.29, 0.717) is 29.4 Å². The molecule has 3 aliphatic heterocycles. The van der Waals surface area contributed by atoms with Gasteiger partial charge in [0.25, 0.3) is 0 Å². The van der Waals surface area contributed by atoms with Gasteiger partial charge in [-0.1, -0.05) is 11.6 Å². The molecule has 3 aromatic heterocycles. The highest BCUT2D eigenvalue weighted by Gasteiger charge is 2.56. The van der Waals surface area contributed by atoms with Gasteiger partial charge in [-0.2, -0.15) is 0 Å². The van der Waals surface area contributed by atoms with Crippen molar-refractivity contribution >= 4 is 56.2 Å². The van der Waals surface area contributed by atoms with Gasteiger partial charge in [-0.15, -0.1) is 0 Å². The Labute approximate surface area is 207 Å². The van der Waals surface area contributed by atoms with Gasteiger partial charge in [0.2, 0.25) is 5.91 Å². The summed E-state index contributed by atoms with van der Waals surface area (Å²) in [6.07, 6.45) is 4.31. The van der Waals surface area contributed by atoms with Gasteiger partial charge >= 0.3 is 6.09 Å². The van der Waals surface area contributed by atoms with Crippen LogP contribution >= 0.6 is 11.6 Å². The third-order valence-corrected chi connectivity index (χ3v) is 8.90. The molecule has 1 unspecified atom stereocenters. The van der Waals surface area contributed by atoms with Crippen LogP contribution in [0, 0.1) is 11.7 Å². The van der Waals surface area contributed by atoms with Gasteiger partial charge in [-0.25, -0.2) is 19.2 Å². The lowest BCUT2D eigenvalue weighted by Crippen LogP contribution is -2.43. The molecule has 6 heterocycles. The van der Waals surface area contributed by atoms with E-state index < -0.39 is 22.7 Å². The normalized spacial score (nSPS) is 26.5. The van der Waals surface area contributed by atoms with Crippen molar-refractivity contribution in [3.63, 3.8) is 0 Å². The van der Waals surface area contributed by atoms with Crippen LogP contribution in [0.15, 0.2) is 17.3 Å². The molecule has 9 nitrogen and oxygen atoms in total. The monoisotopic (exact) mass is 519 g/mol. The minimum absolute atomic E-state index is 0.0230. The van der Waals surface area contributed by atoms with Crippen LogP contribution in [0.25, 0.3) is 21.8 Å². The van der Waals surface area contributed by atoms with Crippen molar-refractivity contribution in [3.05, 3.63) is 28.9 Å². The Morgan fingerprint density at radius 2 is 2.06 bits per heavy atom. The zero-order chi connectivity index (χ0) is 24.8. The van der Waals surface area contributed by atoms with Gasteiger partial charge < -0.3 is 19.5 Å². The standard InChI is InChI=1S/C23H23ClFN5O4S/c1-10(31)28-5-3-4-14(28)15-7-12-20(30(15)19-11-6-16(19)29(9-11)23(32)33)13-8-26-21(24)17(25)18(13)27-22(12)35(2)34/h7-8,11,14,16,19H,3-6,9H2,1-2H3,(H,32,33)/t11-,14-,16-,19+,35?/m1/s1. The number of carbonyl (C=O) groups is 2. The Hall–Kier alpha value is -2.79. The summed E-state index contributed by atoms with van der Waals surface area (Å²) in [5.74, 6) is -0.751. The number of likely N-dealkylation sites (tertiary alicyclic amines) is 1. The van der Waals surface area contributed by atoms with Crippen molar-refractivity contribution in [3.8, 4) is 0 Å². The number of carboxylic acid groups (broad SMARTS) is 1. The lowest BCUT2D eigenvalue weighted by Gasteiger charge is -2.40. The molecule has 4 aliphatic rings. The van der Waals surface area contributed by atoms with E-state index in [2.05, 4.69) is 14.5 Å². The number of fused-ring (bicyclic) bond motifs is 4. The molecule has 12 heteroatoms. The highest BCUT2D eigenvalue weighted by Crippen LogP contribution is 2.53. The third kappa shape index (κ3) is 3.13. The molecule has 2 amide bonds. The third-order valence-electron chi connectivity index (χ3n) is 7.78. The van der Waals surface area contributed by atoms with Crippen molar-refractivity contribution in [2.24, 2.45) is 5.92 Å². The van der Waals surface area contributed by atoms with Crippen molar-refractivity contribution in [2.75, 3.05) is 19.3 Å². The summed E-state index contributed by atoms with van der Waals surface area (Å²) in [7, 11) is -1.54. The number of amides is 2. The molecule has 3 aromatic rings. The van der Waals surface area contributed by atoms with Crippen molar-refractivity contribution in [1.82, 2.24) is 24.3 Å². The summed E-state index contributed by atoms with van der Waals surface area (Å²) in [5.41, 5.74) is 1.42. The first-order chi connectivity index (χ1) is 16.7. The van der Waals surface area contributed by atoms with Crippen LogP contribution in [0.2, 0.25) is 5.15 Å². The van der Waals surface area contributed by atoms with Crippen molar-refractivity contribution < 1.29 is 23.3 Å². The fraction of sp³-hybridized carbons (Fsp3) is 0.478. The Morgan fingerprint density at radius 3 is 2.71 bits per heavy atom. The molecule has 0 aromatic carbocycles. The second-order valence-corrected chi connectivity index (χ2v) is 11.2. The second kappa shape index (κ2) is 7.86. The van der Waals surface area contributed by atoms with Crippen LogP contribution in [0.5, 0.6) is 0 Å². The van der Waals surface area contributed by atoms with Gasteiger partial charge in [0.15, 0.2) is 11.0 Å². The summed E-state index contributed by atoms with van der Waals surface area (Å²) in [5, 5.41) is 10.6. The van der Waals surface area contributed by atoms with Gasteiger partial charge in [-0.05, 0) is 25.3 Å². The van der Waals surface area contributed by atoms with Crippen LogP contribution in [0.1, 0.15) is 44.0 Å². The Morgan fingerprint density at radius 1 is 1.29 bits per heavy atom. The number of rotatable bonds is 3. The quantitative estimate of drug-likeness (QED) is 0.528. The van der Waals surface area contributed by atoms with E-state index in [0.717, 1.165) is 25.0 Å². The summed E-state index contributed by atoms with van der Waals surface area (Å²) in [6.45, 7) is 2.58. The van der Waals surface area contributed by atoms with E-state index in [-0.39, 0.29) is 45.6 Å². The number of aromatic nitrogens is 3. The molecule has 0 radical (unpaired) electrons. The lowest BCUT2D eigenvalue weighted by molar-refractivity contribution is -0.129. The lowest BCUT2D eigenvalue weighted by atomic mass is 9.79. The topological polar surface area (TPSA) is 109 Å². The molecule has 35 heavy (non-hydrogen) atoms. The largest absolute Gasteiger partial charge is 0.465 e. The highest BCUT2D eigenvalue weighted by atomic mass is 35.5. The van der Waals surface area contributed by atoms with Crippen LogP contribution in [0.3, 0.4) is 0 Å². The van der Waals surface area contributed by atoms with E-state index in [9.17, 15) is 18.9 Å². The first-order valence-electron chi connectivity index (χ1n) is 11.5. The van der Waals surface area contributed by atoms with Gasteiger partial charge in [0.1, 0.15) is 10.5 Å². The SMILES string of the molecule is CC(=O)N1CCC[C@@H]1c1cc2c(S(C)=O)nc3c(F)c(Cl)ncc3c2n1[C@H]1[C@@H]2C[C@H]1N(C(=O)O)C2. The summed E-state index contributed by atoms with van der Waals surface area (Å²) in [4.78, 5) is 36.0. The minimum Gasteiger partial charge on any atom is -0.465 e. The highest BCUT2D eigenvalue weighted by molar-refractivity contribution is 7.84. The predicted octanol–water partition coefficient (Wildman–Crippen LogP) is 3.72. The fourth-order valence-electron chi connectivity index (χ4n) is 6.32. The molecule has 4 fully saturated rings. The van der Waals surface area contributed by atoms with Crippen molar-refractivity contribution in [1.29, 1.82) is 0 Å². The van der Waals surface area contributed by atoms with Crippen LogP contribution < -0.4 is 0 Å². The molecule has 184 valence electrons. The molecule has 1 saturated carbocycles. The molecule has 0 spiro atoms. The molecule has 1 N–H and O–H groups in total. The number of pyridine rings is 2. The van der Waals surface area contributed by atoms with E-state index in [1.807, 2.05) is 11.0 Å². The Kier molecular flexibility index (Phi) is 5.09. The van der Waals surface area contributed by atoms with E-state index in [1.54, 1.807) is 0 Å². The summed E-state index contributed by atoms with van der Waals surface area (Å²) in [6, 6.07) is 1.26. The van der Waals surface area contributed by atoms with Crippen LogP contribution in [-0.2, 0) is 15.6 Å². The number of halogens is 2. The van der Waals surface area contributed by atoms with Crippen molar-refractivity contribution in [2.45, 2.75) is 49.3 Å². The maximum Gasteiger partial charge on any atom is 0.407 e. The Balaban J connectivity index is 1.70. The zero-order valence-electron chi connectivity index (χ0n) is 19.1. The minimum atomic E-state index is -1.54. The van der Waals surface area contributed by atoms with Crippen LogP contribution in [0.4, 0.5) is 9.18 Å². The number of nitrogens with zero attached hydrogens (tertiary/aromatic N) is 5. The average Bonchev–Trinajstić information content (AvgIpc) is 3.57. The van der Waals surface area contributed by atoms with Gasteiger partial charge in [0.05, 0.1) is 34.4 Å². The number of hydrogen-bond acceptors (Lipinski definition) is 5. The predicted molar refractivity (Wildman–Crippen MR) is 127 cm³/mol. The smallest absolute Gasteiger partial charge is 0.407 e.